The van der Waals surface area contributed by atoms with Gasteiger partial charge in [0.2, 0.25) is 5.91 Å². The molecule has 1 atom stereocenters. The van der Waals surface area contributed by atoms with Crippen molar-refractivity contribution in [3.05, 3.63) is 42.0 Å². The van der Waals surface area contributed by atoms with E-state index in [1.807, 2.05) is 13.0 Å². The van der Waals surface area contributed by atoms with Gasteiger partial charge in [-0.15, -0.1) is 0 Å². The Labute approximate surface area is 124 Å². The van der Waals surface area contributed by atoms with Crippen LogP contribution in [0.4, 0.5) is 0 Å². The molecule has 0 radical (unpaired) electrons. The molecule has 0 unspecified atom stereocenters. The molecule has 1 aromatic rings. The Hall–Kier alpha value is -2.30. The van der Waals surface area contributed by atoms with Crippen LogP contribution in [-0.2, 0) is 4.79 Å². The maximum Gasteiger partial charge on any atom is 0.269 e. The van der Waals surface area contributed by atoms with Crippen molar-refractivity contribution in [3.63, 3.8) is 0 Å². The Morgan fingerprint density at radius 1 is 1.19 bits per heavy atom. The molecule has 0 saturated carbocycles. The molecule has 5 heteroatoms. The maximum absolute atomic E-state index is 11.9. The van der Waals surface area contributed by atoms with Crippen molar-refractivity contribution in [2.75, 3.05) is 6.61 Å². The normalized spacial score (nSPS) is 17.1. The summed E-state index contributed by atoms with van der Waals surface area (Å²) in [7, 11) is 0. The fourth-order valence-corrected chi connectivity index (χ4v) is 2.19. The number of hydrazine groups is 1. The third kappa shape index (κ3) is 4.34. The van der Waals surface area contributed by atoms with Crippen LogP contribution in [0.3, 0.4) is 0 Å². The Morgan fingerprint density at radius 2 is 1.95 bits per heavy atom. The number of rotatable bonds is 4. The van der Waals surface area contributed by atoms with Crippen molar-refractivity contribution in [3.8, 4) is 5.75 Å². The van der Waals surface area contributed by atoms with Crippen molar-refractivity contribution in [2.45, 2.75) is 26.2 Å². The van der Waals surface area contributed by atoms with Gasteiger partial charge in [-0.05, 0) is 50.5 Å². The van der Waals surface area contributed by atoms with Crippen LogP contribution in [-0.4, -0.2) is 18.4 Å². The van der Waals surface area contributed by atoms with Gasteiger partial charge in [-0.3, -0.25) is 20.4 Å². The van der Waals surface area contributed by atoms with E-state index in [9.17, 15) is 9.59 Å². The summed E-state index contributed by atoms with van der Waals surface area (Å²) in [6.45, 7) is 2.48. The lowest BCUT2D eigenvalue weighted by atomic mass is 9.94. The Morgan fingerprint density at radius 3 is 2.57 bits per heavy atom. The van der Waals surface area contributed by atoms with Crippen molar-refractivity contribution in [1.82, 2.24) is 10.9 Å². The van der Waals surface area contributed by atoms with Gasteiger partial charge in [0.15, 0.2) is 0 Å². The van der Waals surface area contributed by atoms with Crippen molar-refractivity contribution in [2.24, 2.45) is 5.92 Å². The quantitative estimate of drug-likeness (QED) is 0.659. The van der Waals surface area contributed by atoms with E-state index in [2.05, 4.69) is 16.9 Å². The van der Waals surface area contributed by atoms with Gasteiger partial charge in [-0.1, -0.05) is 12.2 Å². The number of carbonyl (C=O) groups is 2. The van der Waals surface area contributed by atoms with Crippen LogP contribution < -0.4 is 15.6 Å². The topological polar surface area (TPSA) is 67.4 Å². The number of benzene rings is 1. The van der Waals surface area contributed by atoms with Gasteiger partial charge in [0.05, 0.1) is 6.61 Å². The van der Waals surface area contributed by atoms with E-state index in [0.717, 1.165) is 19.3 Å². The zero-order chi connectivity index (χ0) is 15.1. The molecule has 2 N–H and O–H groups in total. The first-order valence-corrected chi connectivity index (χ1v) is 7.18. The highest BCUT2D eigenvalue weighted by molar-refractivity contribution is 5.95. The smallest absolute Gasteiger partial charge is 0.269 e. The van der Waals surface area contributed by atoms with Crippen LogP contribution in [0.25, 0.3) is 0 Å². The van der Waals surface area contributed by atoms with E-state index in [0.29, 0.717) is 17.9 Å². The van der Waals surface area contributed by atoms with E-state index in [4.69, 9.17) is 4.74 Å². The van der Waals surface area contributed by atoms with Gasteiger partial charge in [-0.25, -0.2) is 0 Å². The molecule has 0 saturated heterocycles. The maximum atomic E-state index is 11.9. The average molecular weight is 288 g/mol. The van der Waals surface area contributed by atoms with Crippen LogP contribution in [0.15, 0.2) is 36.4 Å². The van der Waals surface area contributed by atoms with Gasteiger partial charge >= 0.3 is 0 Å². The number of ether oxygens (including phenoxy) is 1. The summed E-state index contributed by atoms with van der Waals surface area (Å²) in [5.41, 5.74) is 5.41. The zero-order valence-electron chi connectivity index (χ0n) is 12.1. The lowest BCUT2D eigenvalue weighted by Gasteiger charge is -2.17. The standard InChI is InChI=1S/C16H20N2O3/c1-2-21-14-10-8-13(9-11-14)16(20)18-17-15(19)12-6-4-3-5-7-12/h3-4,8-12H,2,5-7H2,1H3,(H,17,19)(H,18,20)/t12-/m0/s1. The van der Waals surface area contributed by atoms with Gasteiger partial charge in [0.1, 0.15) is 5.75 Å². The predicted molar refractivity (Wildman–Crippen MR) is 79.7 cm³/mol. The lowest BCUT2D eigenvalue weighted by molar-refractivity contribution is -0.126. The Kier molecular flexibility index (Phi) is 5.37. The van der Waals surface area contributed by atoms with E-state index < -0.39 is 0 Å². The number of allylic oxidation sites excluding steroid dienone is 2. The monoisotopic (exact) mass is 288 g/mol. The van der Waals surface area contributed by atoms with Crippen LogP contribution in [0, 0.1) is 5.92 Å². The summed E-state index contributed by atoms with van der Waals surface area (Å²) >= 11 is 0. The molecule has 1 aromatic carbocycles. The molecule has 0 bridgehead atoms. The molecule has 0 aromatic heterocycles. The van der Waals surface area contributed by atoms with Crippen molar-refractivity contribution in [1.29, 1.82) is 0 Å². The van der Waals surface area contributed by atoms with Crippen LogP contribution in [0.2, 0.25) is 0 Å². The van der Waals surface area contributed by atoms with Crippen LogP contribution in [0.1, 0.15) is 36.5 Å². The third-order valence-electron chi connectivity index (χ3n) is 3.37. The molecule has 21 heavy (non-hydrogen) atoms. The van der Waals surface area contributed by atoms with Crippen LogP contribution >= 0.6 is 0 Å². The Bertz CT molecular complexity index is 523. The SMILES string of the molecule is CCOc1ccc(C(=O)NNC(=O)[C@H]2CC=CCC2)cc1. The molecular formula is C16H20N2O3. The summed E-state index contributed by atoms with van der Waals surface area (Å²) in [6, 6.07) is 6.78. The highest BCUT2D eigenvalue weighted by Gasteiger charge is 2.19. The first-order chi connectivity index (χ1) is 10.2. The van der Waals surface area contributed by atoms with E-state index in [1.54, 1.807) is 24.3 Å². The van der Waals surface area contributed by atoms with E-state index in [1.165, 1.54) is 0 Å². The van der Waals surface area contributed by atoms with E-state index in [-0.39, 0.29) is 17.7 Å². The number of nitrogens with one attached hydrogen (secondary N) is 2. The van der Waals surface area contributed by atoms with Gasteiger partial charge < -0.3 is 4.74 Å². The number of amides is 2. The minimum Gasteiger partial charge on any atom is -0.494 e. The van der Waals surface area contributed by atoms with E-state index >= 15 is 0 Å². The van der Waals surface area contributed by atoms with Gasteiger partial charge in [0, 0.05) is 11.5 Å². The highest BCUT2D eigenvalue weighted by atomic mass is 16.5. The molecule has 2 rings (SSSR count). The second-order valence-corrected chi connectivity index (χ2v) is 4.88. The first-order valence-electron chi connectivity index (χ1n) is 7.18. The van der Waals surface area contributed by atoms with Crippen molar-refractivity contribution < 1.29 is 14.3 Å². The number of hydrogen-bond acceptors (Lipinski definition) is 3. The number of carbonyl (C=O) groups excluding carboxylic acids is 2. The highest BCUT2D eigenvalue weighted by Crippen LogP contribution is 2.17. The first kappa shape index (κ1) is 15.1. The number of hydrogen-bond donors (Lipinski definition) is 2. The second kappa shape index (κ2) is 7.47. The molecule has 1 aliphatic carbocycles. The zero-order valence-corrected chi connectivity index (χ0v) is 12.1. The largest absolute Gasteiger partial charge is 0.494 e. The molecular weight excluding hydrogens is 268 g/mol. The molecule has 0 aliphatic heterocycles. The van der Waals surface area contributed by atoms with Gasteiger partial charge in [-0.2, -0.15) is 0 Å². The average Bonchev–Trinajstić information content (AvgIpc) is 2.54. The minimum atomic E-state index is -0.335. The molecule has 1 aliphatic rings. The summed E-state index contributed by atoms with van der Waals surface area (Å²) in [6.07, 6.45) is 6.53. The summed E-state index contributed by atoms with van der Waals surface area (Å²) < 4.78 is 5.31. The van der Waals surface area contributed by atoms with Crippen molar-refractivity contribution >= 4 is 11.8 Å². The molecule has 0 heterocycles. The summed E-state index contributed by atoms with van der Waals surface area (Å²) in [5, 5.41) is 0. The molecule has 5 nitrogen and oxygen atoms in total. The third-order valence-corrected chi connectivity index (χ3v) is 3.37. The fourth-order valence-electron chi connectivity index (χ4n) is 2.19. The molecule has 2 amide bonds. The summed E-state index contributed by atoms with van der Waals surface area (Å²) in [5.74, 6) is 0.180. The fraction of sp³-hybridized carbons (Fsp3) is 0.375. The molecule has 0 spiro atoms. The predicted octanol–water partition coefficient (Wildman–Crippen LogP) is 2.20. The van der Waals surface area contributed by atoms with Gasteiger partial charge in [0.25, 0.3) is 5.91 Å². The minimum absolute atomic E-state index is 0.0596. The Balaban J connectivity index is 1.83. The molecule has 0 fully saturated rings. The van der Waals surface area contributed by atoms with Crippen LogP contribution in [0.5, 0.6) is 5.75 Å². The molecule has 112 valence electrons. The summed E-state index contributed by atoms with van der Waals surface area (Å²) in [4.78, 5) is 23.8. The second-order valence-electron chi connectivity index (χ2n) is 4.88. The lowest BCUT2D eigenvalue weighted by Crippen LogP contribution is -2.44.